The van der Waals surface area contributed by atoms with Gasteiger partial charge in [0.2, 0.25) is 5.91 Å². The average molecular weight is 421 g/mol. The van der Waals surface area contributed by atoms with Gasteiger partial charge in [-0.25, -0.2) is 4.99 Å². The van der Waals surface area contributed by atoms with Crippen molar-refractivity contribution in [1.29, 1.82) is 0 Å². The summed E-state index contributed by atoms with van der Waals surface area (Å²) in [5, 5.41) is 6.03. The van der Waals surface area contributed by atoms with Crippen LogP contribution in [0.3, 0.4) is 0 Å². The Labute approximate surface area is 167 Å². The van der Waals surface area contributed by atoms with Crippen LogP contribution in [0.25, 0.3) is 0 Å². The van der Waals surface area contributed by atoms with E-state index in [0.717, 1.165) is 11.3 Å². The Morgan fingerprint density at radius 2 is 2.00 bits per heavy atom. The number of halogens is 3. The Morgan fingerprint density at radius 3 is 2.61 bits per heavy atom. The summed E-state index contributed by atoms with van der Waals surface area (Å²) in [7, 11) is 3.30. The molecule has 0 saturated heterocycles. The lowest BCUT2D eigenvalue weighted by Gasteiger charge is -2.16. The minimum atomic E-state index is -4.41. The van der Waals surface area contributed by atoms with Gasteiger partial charge in [-0.05, 0) is 24.8 Å². The minimum absolute atomic E-state index is 0.0590. The third kappa shape index (κ3) is 9.72. The van der Waals surface area contributed by atoms with Crippen LogP contribution in [0.2, 0.25) is 0 Å². The van der Waals surface area contributed by atoms with E-state index in [9.17, 15) is 18.0 Å². The third-order valence-electron chi connectivity index (χ3n) is 3.53. The van der Waals surface area contributed by atoms with Crippen molar-refractivity contribution in [1.82, 2.24) is 15.5 Å². The van der Waals surface area contributed by atoms with E-state index in [1.165, 1.54) is 4.90 Å². The molecule has 158 valence electrons. The van der Waals surface area contributed by atoms with E-state index in [1.54, 1.807) is 51.0 Å². The van der Waals surface area contributed by atoms with Crippen LogP contribution in [-0.2, 0) is 11.3 Å². The van der Waals surface area contributed by atoms with Crippen LogP contribution in [0.4, 0.5) is 13.2 Å². The monoisotopic (exact) mass is 420 g/mol. The Bertz CT molecular complexity index is 667. The first-order valence-corrected chi connectivity index (χ1v) is 10.0. The smallest absolute Gasteiger partial charge is 0.422 e. The lowest BCUT2D eigenvalue weighted by Crippen LogP contribution is -2.43. The van der Waals surface area contributed by atoms with Gasteiger partial charge in [-0.3, -0.25) is 4.79 Å². The number of alkyl halides is 3. The second-order valence-corrected chi connectivity index (χ2v) is 7.23. The summed E-state index contributed by atoms with van der Waals surface area (Å²) < 4.78 is 42.4. The number of thioether (sulfide) groups is 1. The maximum Gasteiger partial charge on any atom is 0.422 e. The van der Waals surface area contributed by atoms with E-state index in [2.05, 4.69) is 15.6 Å². The second kappa shape index (κ2) is 11.7. The van der Waals surface area contributed by atoms with Crippen LogP contribution >= 0.6 is 11.8 Å². The number of benzene rings is 1. The van der Waals surface area contributed by atoms with Crippen molar-refractivity contribution in [2.45, 2.75) is 19.6 Å². The highest BCUT2D eigenvalue weighted by Crippen LogP contribution is 2.24. The number of carbonyl (C=O) groups excluding carboxylic acids is 1. The number of ether oxygens (including phenoxy) is 1. The van der Waals surface area contributed by atoms with E-state index in [-0.39, 0.29) is 24.7 Å². The molecule has 0 spiro atoms. The summed E-state index contributed by atoms with van der Waals surface area (Å²) in [5.41, 5.74) is 1.32. The zero-order chi connectivity index (χ0) is 21.2. The molecule has 1 amide bonds. The lowest BCUT2D eigenvalue weighted by molar-refractivity contribution is -0.153. The number of amides is 1. The standard InChI is InChI=1S/C18H27F3N4O2S/c1-13-5-6-14(15(9-13)27-12-18(19,20)21)10-23-17(22-7-8-28-4)24-11-16(26)25(2)3/h5-6,9H,7-8,10-12H2,1-4H3,(H2,22,23,24). The van der Waals surface area contributed by atoms with Crippen molar-refractivity contribution < 1.29 is 22.7 Å². The lowest BCUT2D eigenvalue weighted by atomic mass is 10.1. The van der Waals surface area contributed by atoms with E-state index in [1.807, 2.05) is 6.26 Å². The molecule has 0 aliphatic carbocycles. The van der Waals surface area contributed by atoms with E-state index in [4.69, 9.17) is 4.74 Å². The zero-order valence-electron chi connectivity index (χ0n) is 16.5. The molecule has 0 atom stereocenters. The number of guanidine groups is 1. The van der Waals surface area contributed by atoms with Crippen LogP contribution in [-0.4, -0.2) is 68.7 Å². The van der Waals surface area contributed by atoms with Crippen LogP contribution in [0.1, 0.15) is 11.1 Å². The highest BCUT2D eigenvalue weighted by Gasteiger charge is 2.28. The number of rotatable bonds is 9. The highest BCUT2D eigenvalue weighted by atomic mass is 32.2. The first-order valence-electron chi connectivity index (χ1n) is 8.62. The molecule has 0 unspecified atom stereocenters. The Balaban J connectivity index is 2.88. The van der Waals surface area contributed by atoms with Crippen LogP contribution < -0.4 is 15.4 Å². The molecule has 0 radical (unpaired) electrons. The van der Waals surface area contributed by atoms with Crippen molar-refractivity contribution in [3.63, 3.8) is 0 Å². The first-order chi connectivity index (χ1) is 13.1. The quantitative estimate of drug-likeness (QED) is 0.365. The number of hydrogen-bond acceptors (Lipinski definition) is 4. The van der Waals surface area contributed by atoms with Crippen LogP contribution in [0.15, 0.2) is 23.2 Å². The number of aliphatic imine (C=N–C) groups is 1. The van der Waals surface area contributed by atoms with Crippen molar-refractivity contribution in [3.05, 3.63) is 29.3 Å². The Kier molecular flexibility index (Phi) is 9.98. The van der Waals surface area contributed by atoms with Crippen molar-refractivity contribution in [2.24, 2.45) is 4.99 Å². The van der Waals surface area contributed by atoms with E-state index in [0.29, 0.717) is 18.1 Å². The largest absolute Gasteiger partial charge is 0.484 e. The molecular weight excluding hydrogens is 393 g/mol. The van der Waals surface area contributed by atoms with Crippen LogP contribution in [0, 0.1) is 6.92 Å². The molecule has 0 aromatic heterocycles. The SMILES string of the molecule is CSCCNC(=NCc1ccc(C)cc1OCC(F)(F)F)NCC(=O)N(C)C. The van der Waals surface area contributed by atoms with Gasteiger partial charge < -0.3 is 20.3 Å². The summed E-state index contributed by atoms with van der Waals surface area (Å²) in [5.74, 6) is 1.27. The second-order valence-electron chi connectivity index (χ2n) is 6.24. The molecule has 1 aromatic rings. The van der Waals surface area contributed by atoms with E-state index < -0.39 is 12.8 Å². The number of likely N-dealkylation sites (N-methyl/N-ethyl adjacent to an activating group) is 1. The molecule has 28 heavy (non-hydrogen) atoms. The van der Waals surface area contributed by atoms with Gasteiger partial charge in [0.25, 0.3) is 0 Å². The van der Waals surface area contributed by atoms with Gasteiger partial charge in [0.05, 0.1) is 13.1 Å². The summed E-state index contributed by atoms with van der Waals surface area (Å²) in [4.78, 5) is 17.6. The molecule has 10 heteroatoms. The molecule has 2 N–H and O–H groups in total. The van der Waals surface area contributed by atoms with Crippen molar-refractivity contribution in [3.8, 4) is 5.75 Å². The molecule has 1 aromatic carbocycles. The number of nitrogens with one attached hydrogen (secondary N) is 2. The summed E-state index contributed by atoms with van der Waals surface area (Å²) in [6.45, 7) is 1.22. The van der Waals surface area contributed by atoms with Crippen LogP contribution in [0.5, 0.6) is 5.75 Å². The van der Waals surface area contributed by atoms with Gasteiger partial charge in [0.15, 0.2) is 12.6 Å². The number of carbonyl (C=O) groups is 1. The van der Waals surface area contributed by atoms with Gasteiger partial charge in [0, 0.05) is 32.0 Å². The molecular formula is C18H27F3N4O2S. The highest BCUT2D eigenvalue weighted by molar-refractivity contribution is 7.98. The molecule has 0 fully saturated rings. The molecule has 0 aliphatic rings. The maximum atomic E-state index is 12.5. The fourth-order valence-electron chi connectivity index (χ4n) is 2.01. The van der Waals surface area contributed by atoms with Gasteiger partial charge in [0.1, 0.15) is 5.75 Å². The summed E-state index contributed by atoms with van der Waals surface area (Å²) in [6.07, 6.45) is -2.44. The van der Waals surface area contributed by atoms with Crippen molar-refractivity contribution >= 4 is 23.6 Å². The average Bonchev–Trinajstić information content (AvgIpc) is 2.61. The predicted octanol–water partition coefficient (Wildman–Crippen LogP) is 2.42. The van der Waals surface area contributed by atoms with Crippen molar-refractivity contribution in [2.75, 3.05) is 45.8 Å². The predicted molar refractivity (Wildman–Crippen MR) is 107 cm³/mol. The molecule has 0 saturated carbocycles. The number of nitrogens with zero attached hydrogens (tertiary/aromatic N) is 2. The fraction of sp³-hybridized carbons (Fsp3) is 0.556. The topological polar surface area (TPSA) is 66.0 Å². The Hall–Kier alpha value is -2.10. The minimum Gasteiger partial charge on any atom is -0.484 e. The zero-order valence-corrected chi connectivity index (χ0v) is 17.3. The first kappa shape index (κ1) is 23.9. The summed E-state index contributed by atoms with van der Waals surface area (Å²) >= 11 is 1.65. The third-order valence-corrected chi connectivity index (χ3v) is 4.14. The molecule has 0 bridgehead atoms. The molecule has 6 nitrogen and oxygen atoms in total. The number of aryl methyl sites for hydroxylation is 1. The number of hydrogen-bond donors (Lipinski definition) is 2. The Morgan fingerprint density at radius 1 is 1.29 bits per heavy atom. The molecule has 0 heterocycles. The molecule has 1 rings (SSSR count). The van der Waals surface area contributed by atoms with Gasteiger partial charge in [-0.15, -0.1) is 0 Å². The van der Waals surface area contributed by atoms with Gasteiger partial charge in [-0.2, -0.15) is 24.9 Å². The fourth-order valence-corrected chi connectivity index (χ4v) is 2.32. The maximum absolute atomic E-state index is 12.5. The summed E-state index contributed by atoms with van der Waals surface area (Å²) in [6, 6.07) is 5.03. The van der Waals surface area contributed by atoms with Gasteiger partial charge in [-0.1, -0.05) is 12.1 Å². The van der Waals surface area contributed by atoms with E-state index >= 15 is 0 Å². The normalized spacial score (nSPS) is 11.9. The molecule has 0 aliphatic heterocycles. The van der Waals surface area contributed by atoms with Gasteiger partial charge >= 0.3 is 6.18 Å².